The summed E-state index contributed by atoms with van der Waals surface area (Å²) in [4.78, 5) is 0. The van der Waals surface area contributed by atoms with E-state index in [0.717, 1.165) is 35.8 Å². The van der Waals surface area contributed by atoms with Gasteiger partial charge in [-0.1, -0.05) is 51.9 Å². The predicted octanol–water partition coefficient (Wildman–Crippen LogP) is 5.16. The van der Waals surface area contributed by atoms with Crippen LogP contribution in [-0.2, 0) is 0 Å². The number of thioether (sulfide) groups is 3. The first-order valence-corrected chi connectivity index (χ1v) is 10.7. The van der Waals surface area contributed by atoms with Crippen LogP contribution >= 0.6 is 35.3 Å². The molecule has 0 aromatic carbocycles. The van der Waals surface area contributed by atoms with Gasteiger partial charge < -0.3 is 0 Å². The van der Waals surface area contributed by atoms with Gasteiger partial charge in [0.2, 0.25) is 0 Å². The summed E-state index contributed by atoms with van der Waals surface area (Å²) in [5, 5.41) is 24.5. The fourth-order valence-corrected chi connectivity index (χ4v) is 3.81. The van der Waals surface area contributed by atoms with Crippen LogP contribution in [0.3, 0.4) is 0 Å². The smallest absolute Gasteiger partial charge is 0.135 e. The summed E-state index contributed by atoms with van der Waals surface area (Å²) in [7, 11) is 0. The number of unbranched alkanes of at least 4 members (excludes halogenated alkanes) is 7. The maximum absolute atomic E-state index is 8.60. The second kappa shape index (κ2) is 18.0. The Balaban J connectivity index is 3.21. The van der Waals surface area contributed by atoms with Crippen LogP contribution in [0.2, 0.25) is 0 Å². The summed E-state index contributed by atoms with van der Waals surface area (Å²) in [6, 6.07) is 0. The van der Waals surface area contributed by atoms with Gasteiger partial charge in [-0.05, 0) is 35.7 Å². The summed E-state index contributed by atoms with van der Waals surface area (Å²) in [5.74, 6) is 2.27. The Morgan fingerprint density at radius 2 is 1.43 bits per heavy atom. The molecule has 21 heavy (non-hydrogen) atoms. The Kier molecular flexibility index (Phi) is 18.0. The number of hydrogen-bond acceptors (Lipinski definition) is 6. The SMILES string of the molecule is CCCCCCCCCCSCCNC(SC#N)SC#N. The molecule has 0 aromatic heterocycles. The minimum Gasteiger partial charge on any atom is -0.294 e. The van der Waals surface area contributed by atoms with Crippen molar-refractivity contribution in [1.29, 1.82) is 10.5 Å². The van der Waals surface area contributed by atoms with Gasteiger partial charge in [-0.25, -0.2) is 0 Å². The van der Waals surface area contributed by atoms with E-state index in [2.05, 4.69) is 12.2 Å². The van der Waals surface area contributed by atoms with E-state index in [-0.39, 0.29) is 4.71 Å². The lowest BCUT2D eigenvalue weighted by Crippen LogP contribution is -2.24. The Hall–Kier alpha value is -0.0100. The van der Waals surface area contributed by atoms with E-state index in [1.807, 2.05) is 22.6 Å². The summed E-state index contributed by atoms with van der Waals surface area (Å²) in [5.41, 5.74) is 0. The van der Waals surface area contributed by atoms with Gasteiger partial charge in [-0.15, -0.1) is 0 Å². The highest BCUT2D eigenvalue weighted by atomic mass is 32.2. The average molecular weight is 346 g/mol. The Morgan fingerprint density at radius 3 is 2.00 bits per heavy atom. The molecule has 0 aliphatic rings. The number of nitrogens with one attached hydrogen (secondary N) is 1. The molecule has 0 spiro atoms. The maximum Gasteiger partial charge on any atom is 0.135 e. The second-order valence-corrected chi connectivity index (χ2v) is 8.09. The molecule has 0 aromatic rings. The van der Waals surface area contributed by atoms with E-state index in [9.17, 15) is 0 Å². The molecule has 3 nitrogen and oxygen atoms in total. The molecule has 0 amide bonds. The standard InChI is InChI=1S/C15H27N3S3/c1-2-3-4-5-6-7-8-9-11-19-12-10-18-15(20-13-16)21-14-17/h15,18H,2-12H2,1H3. The van der Waals surface area contributed by atoms with Crippen LogP contribution < -0.4 is 5.32 Å². The number of hydrogen-bond donors (Lipinski definition) is 1. The van der Waals surface area contributed by atoms with E-state index < -0.39 is 0 Å². The molecule has 6 heteroatoms. The quantitative estimate of drug-likeness (QED) is 0.251. The molecule has 0 aliphatic carbocycles. The van der Waals surface area contributed by atoms with Gasteiger partial charge in [-0.2, -0.15) is 22.3 Å². The monoisotopic (exact) mass is 345 g/mol. The van der Waals surface area contributed by atoms with Crippen molar-refractivity contribution in [2.75, 3.05) is 18.1 Å². The summed E-state index contributed by atoms with van der Waals surface area (Å²) in [6.07, 6.45) is 10.9. The van der Waals surface area contributed by atoms with Gasteiger partial charge in [0.1, 0.15) is 15.5 Å². The highest BCUT2D eigenvalue weighted by molar-refractivity contribution is 8.20. The third-order valence-corrected chi connectivity index (χ3v) is 5.64. The minimum atomic E-state index is -0.122. The molecule has 120 valence electrons. The van der Waals surface area contributed by atoms with Crippen LogP contribution in [0.25, 0.3) is 0 Å². The molecular weight excluding hydrogens is 318 g/mol. The molecule has 0 rings (SSSR count). The molecule has 0 unspecified atom stereocenters. The molecule has 0 saturated carbocycles. The Morgan fingerprint density at radius 1 is 0.857 bits per heavy atom. The largest absolute Gasteiger partial charge is 0.294 e. The molecule has 0 saturated heterocycles. The van der Waals surface area contributed by atoms with Crippen molar-refractivity contribution in [3.63, 3.8) is 0 Å². The summed E-state index contributed by atoms with van der Waals surface area (Å²) < 4.78 is -0.122. The molecule has 0 atom stereocenters. The van der Waals surface area contributed by atoms with Crippen LogP contribution in [-0.4, -0.2) is 22.8 Å². The van der Waals surface area contributed by atoms with Gasteiger partial charge >= 0.3 is 0 Å². The van der Waals surface area contributed by atoms with Crippen molar-refractivity contribution in [3.05, 3.63) is 0 Å². The summed E-state index contributed by atoms with van der Waals surface area (Å²) in [6.45, 7) is 3.11. The minimum absolute atomic E-state index is 0.122. The van der Waals surface area contributed by atoms with Gasteiger partial charge in [0, 0.05) is 12.3 Å². The van der Waals surface area contributed by atoms with Crippen molar-refractivity contribution in [3.8, 4) is 10.8 Å². The van der Waals surface area contributed by atoms with Gasteiger partial charge in [-0.3, -0.25) is 5.32 Å². The average Bonchev–Trinajstić information content (AvgIpc) is 2.48. The molecular formula is C15H27N3S3. The molecule has 0 fully saturated rings. The highest BCUT2D eigenvalue weighted by Gasteiger charge is 2.07. The first-order valence-electron chi connectivity index (χ1n) is 7.75. The van der Waals surface area contributed by atoms with Gasteiger partial charge in [0.05, 0.1) is 0 Å². The van der Waals surface area contributed by atoms with Crippen LogP contribution in [0, 0.1) is 21.3 Å². The number of thiocyanates is 2. The van der Waals surface area contributed by atoms with E-state index >= 15 is 0 Å². The third kappa shape index (κ3) is 16.2. The van der Waals surface area contributed by atoms with Crippen LogP contribution in [0.1, 0.15) is 58.3 Å². The first kappa shape index (κ1) is 21.0. The molecule has 0 bridgehead atoms. The van der Waals surface area contributed by atoms with Crippen LogP contribution in [0.5, 0.6) is 0 Å². The number of nitriles is 2. The fourth-order valence-electron chi connectivity index (χ4n) is 1.89. The zero-order valence-electron chi connectivity index (χ0n) is 13.0. The van der Waals surface area contributed by atoms with Crippen molar-refractivity contribution >= 4 is 35.3 Å². The topological polar surface area (TPSA) is 59.6 Å². The normalized spacial score (nSPS) is 10.5. The third-order valence-electron chi connectivity index (χ3n) is 3.02. The Labute approximate surface area is 143 Å². The van der Waals surface area contributed by atoms with Crippen LogP contribution in [0.15, 0.2) is 0 Å². The second-order valence-electron chi connectivity index (χ2n) is 4.79. The summed E-state index contributed by atoms with van der Waals surface area (Å²) >= 11 is 4.18. The van der Waals surface area contributed by atoms with Crippen molar-refractivity contribution in [2.24, 2.45) is 0 Å². The molecule has 0 radical (unpaired) electrons. The molecule has 0 heterocycles. The van der Waals surface area contributed by atoms with E-state index in [1.165, 1.54) is 57.1 Å². The Bertz CT molecular complexity index is 284. The van der Waals surface area contributed by atoms with Gasteiger partial charge in [0.25, 0.3) is 0 Å². The fraction of sp³-hybridized carbons (Fsp3) is 0.867. The lowest BCUT2D eigenvalue weighted by Gasteiger charge is -2.10. The van der Waals surface area contributed by atoms with Crippen molar-refractivity contribution in [2.45, 2.75) is 63.0 Å². The predicted molar refractivity (Wildman–Crippen MR) is 98.1 cm³/mol. The molecule has 0 aliphatic heterocycles. The van der Waals surface area contributed by atoms with Crippen LogP contribution in [0.4, 0.5) is 0 Å². The zero-order chi connectivity index (χ0) is 15.6. The zero-order valence-corrected chi connectivity index (χ0v) is 15.4. The lowest BCUT2D eigenvalue weighted by molar-refractivity contribution is 0.586. The van der Waals surface area contributed by atoms with Crippen molar-refractivity contribution < 1.29 is 0 Å². The van der Waals surface area contributed by atoms with E-state index in [4.69, 9.17) is 10.5 Å². The number of rotatable bonds is 15. The highest BCUT2D eigenvalue weighted by Crippen LogP contribution is 2.18. The van der Waals surface area contributed by atoms with Gasteiger partial charge in [0.15, 0.2) is 0 Å². The maximum atomic E-state index is 8.60. The number of nitrogens with zero attached hydrogens (tertiary/aromatic N) is 2. The van der Waals surface area contributed by atoms with E-state index in [1.54, 1.807) is 0 Å². The van der Waals surface area contributed by atoms with Crippen molar-refractivity contribution in [1.82, 2.24) is 5.32 Å². The van der Waals surface area contributed by atoms with E-state index in [0.29, 0.717) is 0 Å². The molecule has 1 N–H and O–H groups in total. The lowest BCUT2D eigenvalue weighted by atomic mass is 10.1. The first-order chi connectivity index (χ1) is 10.3.